The highest BCUT2D eigenvalue weighted by Gasteiger charge is 2.09. The molecule has 0 saturated heterocycles. The van der Waals surface area contributed by atoms with Crippen LogP contribution in [0.25, 0.3) is 0 Å². The first-order valence-electron chi connectivity index (χ1n) is 5.72. The lowest BCUT2D eigenvalue weighted by molar-refractivity contribution is -0.153. The molecule has 0 bridgehead atoms. The van der Waals surface area contributed by atoms with Crippen LogP contribution in [0.1, 0.15) is 19.8 Å². The van der Waals surface area contributed by atoms with Gasteiger partial charge in [0.1, 0.15) is 19.8 Å². The van der Waals surface area contributed by atoms with Gasteiger partial charge in [0, 0.05) is 5.57 Å². The summed E-state index contributed by atoms with van der Waals surface area (Å²) in [5.74, 6) is -1.73. The summed E-state index contributed by atoms with van der Waals surface area (Å²) in [6.45, 7) is 4.40. The zero-order valence-corrected chi connectivity index (χ0v) is 10.8. The first-order chi connectivity index (χ1) is 8.97. The Hall–Kier alpha value is -1.89. The summed E-state index contributed by atoms with van der Waals surface area (Å²) in [5, 5.41) is 8.40. The number of rotatable bonds is 9. The van der Waals surface area contributed by atoms with E-state index in [2.05, 4.69) is 11.3 Å². The van der Waals surface area contributed by atoms with E-state index in [1.807, 2.05) is 0 Å². The van der Waals surface area contributed by atoms with Gasteiger partial charge in [-0.25, -0.2) is 4.79 Å². The van der Waals surface area contributed by atoms with Crippen LogP contribution in [0, 0.1) is 0 Å². The molecule has 7 heteroatoms. The molecule has 0 heterocycles. The molecular weight excluding hydrogens is 256 g/mol. The van der Waals surface area contributed by atoms with Crippen molar-refractivity contribution in [1.29, 1.82) is 0 Å². The molecule has 7 nitrogen and oxygen atoms in total. The minimum atomic E-state index is -0.590. The van der Waals surface area contributed by atoms with E-state index in [1.165, 1.54) is 6.92 Å². The summed E-state index contributed by atoms with van der Waals surface area (Å²) in [6, 6.07) is 0. The molecule has 1 N–H and O–H groups in total. The lowest BCUT2D eigenvalue weighted by atomic mass is 10.3. The van der Waals surface area contributed by atoms with Crippen LogP contribution < -0.4 is 0 Å². The van der Waals surface area contributed by atoms with Gasteiger partial charge in [0.05, 0.1) is 19.4 Å². The number of hydrogen-bond acceptors (Lipinski definition) is 7. The van der Waals surface area contributed by atoms with Gasteiger partial charge in [-0.3, -0.25) is 9.59 Å². The number of esters is 3. The number of aliphatic hydroxyl groups excluding tert-OH is 1. The third kappa shape index (κ3) is 9.78. The molecule has 0 aromatic rings. The number of ether oxygens (including phenoxy) is 3. The molecule has 0 aliphatic heterocycles. The molecule has 0 spiro atoms. The highest BCUT2D eigenvalue weighted by atomic mass is 16.6. The Morgan fingerprint density at radius 1 is 0.947 bits per heavy atom. The van der Waals surface area contributed by atoms with Crippen LogP contribution >= 0.6 is 0 Å². The average Bonchev–Trinajstić information content (AvgIpc) is 2.38. The Morgan fingerprint density at radius 3 is 1.89 bits per heavy atom. The molecule has 0 aliphatic carbocycles. The molecule has 0 aliphatic rings. The highest BCUT2D eigenvalue weighted by Crippen LogP contribution is 1.97. The van der Waals surface area contributed by atoms with E-state index in [-0.39, 0.29) is 44.8 Å². The molecule has 0 radical (unpaired) electrons. The van der Waals surface area contributed by atoms with E-state index >= 15 is 0 Å². The van der Waals surface area contributed by atoms with Gasteiger partial charge in [-0.1, -0.05) is 6.58 Å². The van der Waals surface area contributed by atoms with E-state index in [1.54, 1.807) is 0 Å². The van der Waals surface area contributed by atoms with Crippen LogP contribution in [0.4, 0.5) is 0 Å². The molecule has 0 amide bonds. The summed E-state index contributed by atoms with van der Waals surface area (Å²) in [5.41, 5.74) is 0.262. The minimum Gasteiger partial charge on any atom is -0.463 e. The van der Waals surface area contributed by atoms with E-state index in [0.717, 1.165) is 0 Å². The fourth-order valence-electron chi connectivity index (χ4n) is 0.921. The van der Waals surface area contributed by atoms with Crippen LogP contribution in [0.3, 0.4) is 0 Å². The van der Waals surface area contributed by atoms with Crippen LogP contribution in [-0.4, -0.2) is 49.4 Å². The van der Waals surface area contributed by atoms with Gasteiger partial charge in [0.15, 0.2) is 0 Å². The van der Waals surface area contributed by atoms with Gasteiger partial charge < -0.3 is 19.3 Å². The van der Waals surface area contributed by atoms with Crippen molar-refractivity contribution in [1.82, 2.24) is 0 Å². The maximum absolute atomic E-state index is 11.2. The zero-order valence-electron chi connectivity index (χ0n) is 10.8. The van der Waals surface area contributed by atoms with Crippen LogP contribution in [0.5, 0.6) is 0 Å². The first-order valence-corrected chi connectivity index (χ1v) is 5.72. The van der Waals surface area contributed by atoms with Crippen molar-refractivity contribution in [3.05, 3.63) is 12.2 Å². The van der Waals surface area contributed by atoms with Gasteiger partial charge >= 0.3 is 17.9 Å². The monoisotopic (exact) mass is 274 g/mol. The second-order valence-electron chi connectivity index (χ2n) is 3.58. The average molecular weight is 274 g/mol. The summed E-state index contributed by atoms with van der Waals surface area (Å²) in [4.78, 5) is 33.1. The molecule has 0 atom stereocenters. The molecule has 0 aromatic carbocycles. The molecule has 0 saturated carbocycles. The Morgan fingerprint density at radius 2 is 1.42 bits per heavy atom. The van der Waals surface area contributed by atoms with Crippen LogP contribution in [-0.2, 0) is 28.6 Å². The predicted octanol–water partition coefficient (Wildman–Crippen LogP) is -0.0354. The summed E-state index contributed by atoms with van der Waals surface area (Å²) < 4.78 is 14.0. The summed E-state index contributed by atoms with van der Waals surface area (Å²) >= 11 is 0. The largest absolute Gasteiger partial charge is 0.463 e. The van der Waals surface area contributed by atoms with Crippen LogP contribution in [0.15, 0.2) is 12.2 Å². The first kappa shape index (κ1) is 17.1. The van der Waals surface area contributed by atoms with Gasteiger partial charge in [-0.05, 0) is 6.92 Å². The van der Waals surface area contributed by atoms with Crippen molar-refractivity contribution in [3.8, 4) is 0 Å². The quantitative estimate of drug-likeness (QED) is 0.272. The maximum Gasteiger partial charge on any atom is 0.333 e. The molecule has 19 heavy (non-hydrogen) atoms. The lowest BCUT2D eigenvalue weighted by Gasteiger charge is -2.06. The third-order valence-electron chi connectivity index (χ3n) is 1.82. The minimum absolute atomic E-state index is 0.0631. The standard InChI is InChI=1S/C12H18O7/c1-9(2)12(16)19-8-7-18-11(15)4-3-10(14)17-6-5-13/h13H,1,3-8H2,2H3. The Balaban J connectivity index is 3.57. The smallest absolute Gasteiger partial charge is 0.333 e. The van der Waals surface area contributed by atoms with Crippen molar-refractivity contribution in [3.63, 3.8) is 0 Å². The number of hydrogen-bond donors (Lipinski definition) is 1. The Labute approximate surface area is 111 Å². The Kier molecular flexibility index (Phi) is 9.07. The fourth-order valence-corrected chi connectivity index (χ4v) is 0.921. The molecule has 0 unspecified atom stereocenters. The van der Waals surface area contributed by atoms with Gasteiger partial charge in [-0.15, -0.1) is 0 Å². The van der Waals surface area contributed by atoms with E-state index in [0.29, 0.717) is 0 Å². The van der Waals surface area contributed by atoms with Crippen molar-refractivity contribution < 1.29 is 33.7 Å². The van der Waals surface area contributed by atoms with E-state index in [4.69, 9.17) is 14.6 Å². The Bertz CT molecular complexity index is 335. The fraction of sp³-hybridized carbons (Fsp3) is 0.583. The number of carbonyl (C=O) groups excluding carboxylic acids is 3. The second-order valence-corrected chi connectivity index (χ2v) is 3.58. The zero-order chi connectivity index (χ0) is 14.7. The van der Waals surface area contributed by atoms with Gasteiger partial charge in [0.2, 0.25) is 0 Å². The summed E-state index contributed by atoms with van der Waals surface area (Å²) in [6.07, 6.45) is -0.247. The lowest BCUT2D eigenvalue weighted by Crippen LogP contribution is -2.15. The normalized spacial score (nSPS) is 9.58. The SMILES string of the molecule is C=C(C)C(=O)OCCOC(=O)CCC(=O)OCCO. The third-order valence-corrected chi connectivity index (χ3v) is 1.82. The number of carbonyl (C=O) groups is 3. The molecule has 108 valence electrons. The van der Waals surface area contributed by atoms with Crippen molar-refractivity contribution >= 4 is 17.9 Å². The molecule has 0 aromatic heterocycles. The van der Waals surface area contributed by atoms with Crippen LogP contribution in [0.2, 0.25) is 0 Å². The molecular formula is C12H18O7. The molecule has 0 rings (SSSR count). The highest BCUT2D eigenvalue weighted by molar-refractivity contribution is 5.86. The van der Waals surface area contributed by atoms with E-state index in [9.17, 15) is 14.4 Å². The van der Waals surface area contributed by atoms with Crippen molar-refractivity contribution in [2.24, 2.45) is 0 Å². The van der Waals surface area contributed by atoms with Gasteiger partial charge in [0.25, 0.3) is 0 Å². The maximum atomic E-state index is 11.2. The van der Waals surface area contributed by atoms with Gasteiger partial charge in [-0.2, -0.15) is 0 Å². The predicted molar refractivity (Wildman–Crippen MR) is 64.0 cm³/mol. The van der Waals surface area contributed by atoms with Crippen molar-refractivity contribution in [2.45, 2.75) is 19.8 Å². The van der Waals surface area contributed by atoms with E-state index < -0.39 is 17.9 Å². The topological polar surface area (TPSA) is 99.1 Å². The number of aliphatic hydroxyl groups is 1. The summed E-state index contributed by atoms with van der Waals surface area (Å²) in [7, 11) is 0. The van der Waals surface area contributed by atoms with Crippen molar-refractivity contribution in [2.75, 3.05) is 26.4 Å². The molecule has 0 fully saturated rings. The second kappa shape index (κ2) is 10.1.